The van der Waals surface area contributed by atoms with Gasteiger partial charge >= 0.3 is 0 Å². The molecule has 1 N–H and O–H groups in total. The second kappa shape index (κ2) is 6.56. The van der Waals surface area contributed by atoms with E-state index in [2.05, 4.69) is 15.3 Å². The van der Waals surface area contributed by atoms with Crippen molar-refractivity contribution in [2.24, 2.45) is 0 Å². The van der Waals surface area contributed by atoms with Crippen LogP contribution in [0.25, 0.3) is 11.0 Å². The summed E-state index contributed by atoms with van der Waals surface area (Å²) in [5, 5.41) is 3.24. The van der Waals surface area contributed by atoms with Gasteiger partial charge in [-0.1, -0.05) is 19.1 Å². The van der Waals surface area contributed by atoms with Gasteiger partial charge in [0.05, 0.1) is 22.9 Å². The van der Waals surface area contributed by atoms with Gasteiger partial charge in [-0.3, -0.25) is 9.19 Å². The molecule has 5 heteroatoms. The molecule has 2 rings (SSSR count). The van der Waals surface area contributed by atoms with Gasteiger partial charge < -0.3 is 5.32 Å². The zero-order valence-electron chi connectivity index (χ0n) is 10.4. The molecule has 0 fully saturated rings. The maximum Gasteiger partial charge on any atom is 0.0890 e. The molecule has 1 heterocycles. The molecule has 18 heavy (non-hydrogen) atoms. The minimum Gasteiger partial charge on any atom is -0.310 e. The average molecular weight is 263 g/mol. The molecule has 96 valence electrons. The predicted octanol–water partition coefficient (Wildman–Crippen LogP) is 1.49. The first-order valence-corrected chi connectivity index (χ1v) is 7.54. The summed E-state index contributed by atoms with van der Waals surface area (Å²) in [6.07, 6.45) is 1.78. The Morgan fingerprint density at radius 3 is 2.83 bits per heavy atom. The van der Waals surface area contributed by atoms with E-state index in [0.717, 1.165) is 29.0 Å². The van der Waals surface area contributed by atoms with Crippen LogP contribution in [0.3, 0.4) is 0 Å². The third kappa shape index (κ3) is 3.58. The molecule has 1 aromatic carbocycles. The molecule has 0 aliphatic carbocycles. The lowest BCUT2D eigenvalue weighted by atomic mass is 10.3. The summed E-state index contributed by atoms with van der Waals surface area (Å²) >= 11 is 0. The highest BCUT2D eigenvalue weighted by molar-refractivity contribution is 7.84. The molecule has 0 aliphatic heterocycles. The summed E-state index contributed by atoms with van der Waals surface area (Å²) in [6.45, 7) is 3.35. The lowest BCUT2D eigenvalue weighted by molar-refractivity contribution is 0.671. The van der Waals surface area contributed by atoms with Gasteiger partial charge in [-0.05, 0) is 12.1 Å². The van der Waals surface area contributed by atoms with Gasteiger partial charge in [0.1, 0.15) is 0 Å². The molecule has 0 saturated heterocycles. The van der Waals surface area contributed by atoms with Crippen molar-refractivity contribution >= 4 is 21.8 Å². The number of nitrogens with zero attached hydrogens (tertiary/aromatic N) is 2. The van der Waals surface area contributed by atoms with Crippen LogP contribution < -0.4 is 5.32 Å². The van der Waals surface area contributed by atoms with Crippen LogP contribution in [0.1, 0.15) is 12.6 Å². The fourth-order valence-corrected chi connectivity index (χ4v) is 2.29. The van der Waals surface area contributed by atoms with Crippen molar-refractivity contribution in [3.05, 3.63) is 36.2 Å². The highest BCUT2D eigenvalue weighted by Crippen LogP contribution is 2.07. The fourth-order valence-electron chi connectivity index (χ4n) is 1.63. The molecule has 0 aliphatic rings. The van der Waals surface area contributed by atoms with E-state index in [1.54, 1.807) is 6.20 Å². The molecule has 0 amide bonds. The van der Waals surface area contributed by atoms with Crippen LogP contribution in [0, 0.1) is 0 Å². The Hall–Kier alpha value is -1.33. The minimum atomic E-state index is -0.706. The quantitative estimate of drug-likeness (QED) is 0.802. The zero-order chi connectivity index (χ0) is 12.8. The smallest absolute Gasteiger partial charge is 0.0890 e. The van der Waals surface area contributed by atoms with Gasteiger partial charge in [0.15, 0.2) is 0 Å². The molecule has 0 radical (unpaired) electrons. The average Bonchev–Trinajstić information content (AvgIpc) is 2.43. The highest BCUT2D eigenvalue weighted by atomic mass is 32.2. The Labute approximate surface area is 109 Å². The number of hydrogen-bond donors (Lipinski definition) is 1. The number of rotatable bonds is 6. The predicted molar refractivity (Wildman–Crippen MR) is 74.8 cm³/mol. The van der Waals surface area contributed by atoms with Gasteiger partial charge in [-0.2, -0.15) is 0 Å². The Balaban J connectivity index is 1.90. The van der Waals surface area contributed by atoms with Crippen molar-refractivity contribution in [1.29, 1.82) is 0 Å². The molecule has 1 aromatic heterocycles. The lowest BCUT2D eigenvalue weighted by Crippen LogP contribution is -2.21. The van der Waals surface area contributed by atoms with Gasteiger partial charge in [0, 0.05) is 35.4 Å². The van der Waals surface area contributed by atoms with Crippen molar-refractivity contribution in [3.63, 3.8) is 0 Å². The van der Waals surface area contributed by atoms with Crippen LogP contribution in [0.15, 0.2) is 30.5 Å². The summed E-state index contributed by atoms with van der Waals surface area (Å²) in [7, 11) is -0.706. The molecule has 4 nitrogen and oxygen atoms in total. The topological polar surface area (TPSA) is 54.9 Å². The van der Waals surface area contributed by atoms with E-state index in [9.17, 15) is 4.21 Å². The summed E-state index contributed by atoms with van der Waals surface area (Å²) < 4.78 is 11.2. The van der Waals surface area contributed by atoms with Crippen molar-refractivity contribution in [2.75, 3.05) is 18.1 Å². The molecule has 0 saturated carbocycles. The van der Waals surface area contributed by atoms with E-state index in [4.69, 9.17) is 0 Å². The van der Waals surface area contributed by atoms with Crippen LogP contribution in [0.5, 0.6) is 0 Å². The number of hydrogen-bond acceptors (Lipinski definition) is 4. The largest absolute Gasteiger partial charge is 0.310 e. The number of para-hydroxylation sites is 2. The number of aromatic nitrogens is 2. The molecule has 0 bridgehead atoms. The molecular formula is C13H17N3OS. The molecule has 0 spiro atoms. The van der Waals surface area contributed by atoms with E-state index >= 15 is 0 Å². The van der Waals surface area contributed by atoms with Gasteiger partial charge in [-0.25, -0.2) is 4.98 Å². The van der Waals surface area contributed by atoms with Crippen molar-refractivity contribution < 1.29 is 4.21 Å². The third-order valence-electron chi connectivity index (χ3n) is 2.63. The fraction of sp³-hybridized carbons (Fsp3) is 0.385. The van der Waals surface area contributed by atoms with Gasteiger partial charge in [0.25, 0.3) is 0 Å². The van der Waals surface area contributed by atoms with E-state index in [1.165, 1.54) is 0 Å². The van der Waals surface area contributed by atoms with Crippen LogP contribution >= 0.6 is 0 Å². The summed E-state index contributed by atoms with van der Waals surface area (Å²) in [4.78, 5) is 8.86. The van der Waals surface area contributed by atoms with Crippen LogP contribution in [0.2, 0.25) is 0 Å². The van der Waals surface area contributed by atoms with Crippen LogP contribution in [0.4, 0.5) is 0 Å². The standard InChI is InChI=1S/C13H17N3OS/c1-2-18(17)8-7-14-9-11-10-15-12-5-3-4-6-13(12)16-11/h3-6,10,14H,2,7-9H2,1H3. The molecule has 2 aromatic rings. The van der Waals surface area contributed by atoms with Crippen LogP contribution in [-0.2, 0) is 17.3 Å². The van der Waals surface area contributed by atoms with Gasteiger partial charge in [0.2, 0.25) is 0 Å². The highest BCUT2D eigenvalue weighted by Gasteiger charge is 2.00. The Morgan fingerprint density at radius 1 is 1.28 bits per heavy atom. The number of benzene rings is 1. The Bertz CT molecular complexity index is 545. The second-order valence-electron chi connectivity index (χ2n) is 3.96. The third-order valence-corrected chi connectivity index (χ3v) is 3.94. The number of fused-ring (bicyclic) bond motifs is 1. The maximum absolute atomic E-state index is 11.2. The molecular weight excluding hydrogens is 246 g/mol. The molecule has 1 atom stereocenters. The lowest BCUT2D eigenvalue weighted by Gasteiger charge is -2.04. The van der Waals surface area contributed by atoms with E-state index in [0.29, 0.717) is 12.3 Å². The summed E-state index contributed by atoms with van der Waals surface area (Å²) in [6, 6.07) is 7.82. The van der Waals surface area contributed by atoms with Gasteiger partial charge in [-0.15, -0.1) is 0 Å². The zero-order valence-corrected chi connectivity index (χ0v) is 11.2. The van der Waals surface area contributed by atoms with Crippen LogP contribution in [-0.4, -0.2) is 32.2 Å². The monoisotopic (exact) mass is 263 g/mol. The SMILES string of the molecule is CCS(=O)CCNCc1cnc2ccccc2n1. The second-order valence-corrected chi connectivity index (χ2v) is 5.82. The number of nitrogens with one attached hydrogen (secondary N) is 1. The summed E-state index contributed by atoms with van der Waals surface area (Å²) in [5.41, 5.74) is 2.73. The van der Waals surface area contributed by atoms with E-state index in [-0.39, 0.29) is 0 Å². The van der Waals surface area contributed by atoms with E-state index < -0.39 is 10.8 Å². The maximum atomic E-state index is 11.2. The van der Waals surface area contributed by atoms with E-state index in [1.807, 2.05) is 31.2 Å². The molecule has 1 unspecified atom stereocenters. The van der Waals surface area contributed by atoms with Crippen molar-refractivity contribution in [3.8, 4) is 0 Å². The Morgan fingerprint density at radius 2 is 2.06 bits per heavy atom. The summed E-state index contributed by atoms with van der Waals surface area (Å²) in [5.74, 6) is 1.41. The first-order valence-electron chi connectivity index (χ1n) is 6.06. The van der Waals surface area contributed by atoms with Crippen molar-refractivity contribution in [1.82, 2.24) is 15.3 Å². The normalized spacial score (nSPS) is 12.7. The first-order chi connectivity index (χ1) is 8.79. The minimum absolute atomic E-state index is 0.665. The first kappa shape index (κ1) is 13.1. The van der Waals surface area contributed by atoms with Crippen molar-refractivity contribution in [2.45, 2.75) is 13.5 Å². The Kier molecular flexibility index (Phi) is 4.78.